The molecule has 0 bridgehead atoms. The van der Waals surface area contributed by atoms with Crippen molar-refractivity contribution in [1.29, 1.82) is 5.26 Å². The molecule has 23 heavy (non-hydrogen) atoms. The molecule has 1 aromatic rings. The number of carbonyl (C=O) groups is 1. The molecule has 0 atom stereocenters. The Labute approximate surface area is 134 Å². The number of ether oxygens (including phenoxy) is 1. The van der Waals surface area contributed by atoms with Crippen LogP contribution in [0.25, 0.3) is 0 Å². The lowest BCUT2D eigenvalue weighted by Gasteiger charge is -2.33. The molecule has 1 N–H and O–H groups in total. The highest BCUT2D eigenvalue weighted by Gasteiger charge is 2.43. The Morgan fingerprint density at radius 2 is 2.04 bits per heavy atom. The minimum atomic E-state index is -1.15. The molecule has 124 valence electrons. The summed E-state index contributed by atoms with van der Waals surface area (Å²) in [5.74, 6) is -1.90. The second-order valence-corrected chi connectivity index (χ2v) is 6.51. The number of nitriles is 1. The molecule has 1 fully saturated rings. The van der Waals surface area contributed by atoms with Crippen molar-refractivity contribution in [2.45, 2.75) is 38.7 Å². The molecule has 0 amide bonds. The monoisotopic (exact) mass is 322 g/mol. The number of rotatable bonds is 4. The van der Waals surface area contributed by atoms with Gasteiger partial charge in [0.2, 0.25) is 0 Å². The highest BCUT2D eigenvalue weighted by Crippen LogP contribution is 2.32. The number of hydrogen-bond acceptors (Lipinski definition) is 4. The summed E-state index contributed by atoms with van der Waals surface area (Å²) in [6, 6.07) is 5.39. The van der Waals surface area contributed by atoms with Crippen molar-refractivity contribution in [3.63, 3.8) is 0 Å². The van der Waals surface area contributed by atoms with Crippen molar-refractivity contribution >= 4 is 5.97 Å². The van der Waals surface area contributed by atoms with E-state index in [-0.39, 0.29) is 12.0 Å². The van der Waals surface area contributed by atoms with Gasteiger partial charge in [0.05, 0.1) is 6.07 Å². The van der Waals surface area contributed by atoms with E-state index in [1.165, 1.54) is 12.1 Å². The maximum atomic E-state index is 13.8. The number of nitrogens with one attached hydrogen (secondary N) is 1. The summed E-state index contributed by atoms with van der Waals surface area (Å²) in [5.41, 5.74) is -1.88. The summed E-state index contributed by atoms with van der Waals surface area (Å²) in [6.07, 6.45) is 0.886. The van der Waals surface area contributed by atoms with E-state index in [0.29, 0.717) is 25.9 Å². The summed E-state index contributed by atoms with van der Waals surface area (Å²) in [6.45, 7) is 4.46. The van der Waals surface area contributed by atoms with Crippen LogP contribution >= 0.6 is 0 Å². The predicted octanol–water partition coefficient (Wildman–Crippen LogP) is 2.72. The lowest BCUT2D eigenvalue weighted by molar-refractivity contribution is -0.167. The third kappa shape index (κ3) is 4.05. The smallest absolute Gasteiger partial charge is 0.327 e. The minimum Gasteiger partial charge on any atom is -0.458 e. The summed E-state index contributed by atoms with van der Waals surface area (Å²) < 4.78 is 32.2. The zero-order valence-electron chi connectivity index (χ0n) is 13.3. The molecular weight excluding hydrogens is 302 g/mol. The second-order valence-electron chi connectivity index (χ2n) is 6.51. The van der Waals surface area contributed by atoms with Crippen molar-refractivity contribution in [3.05, 3.63) is 35.4 Å². The molecule has 1 aliphatic rings. The normalized spacial score (nSPS) is 17.3. The van der Waals surface area contributed by atoms with Crippen LogP contribution in [0.2, 0.25) is 0 Å². The van der Waals surface area contributed by atoms with E-state index in [2.05, 4.69) is 11.4 Å². The standard InChI is InChI=1S/C17H20F2N2O2/c1-16(2,10-12-3-4-13(18)9-14(12)19)23-15(22)17(11-20)5-7-21-8-6-17/h3-4,9,21H,5-8,10H2,1-2H3. The van der Waals surface area contributed by atoms with Gasteiger partial charge in [0, 0.05) is 12.5 Å². The van der Waals surface area contributed by atoms with E-state index < -0.39 is 28.6 Å². The molecule has 0 aliphatic carbocycles. The molecule has 0 aromatic heterocycles. The zero-order chi connectivity index (χ0) is 17.1. The van der Waals surface area contributed by atoms with Crippen molar-refractivity contribution < 1.29 is 18.3 Å². The highest BCUT2D eigenvalue weighted by atomic mass is 19.1. The van der Waals surface area contributed by atoms with E-state index in [4.69, 9.17) is 4.74 Å². The van der Waals surface area contributed by atoms with Crippen LogP contribution < -0.4 is 5.32 Å². The molecule has 1 heterocycles. The first-order chi connectivity index (χ1) is 10.8. The van der Waals surface area contributed by atoms with E-state index >= 15 is 0 Å². The first-order valence-electron chi connectivity index (χ1n) is 7.57. The van der Waals surface area contributed by atoms with Crippen LogP contribution in [0.1, 0.15) is 32.3 Å². The van der Waals surface area contributed by atoms with Gasteiger partial charge in [-0.2, -0.15) is 5.26 Å². The Kier molecular flexibility index (Phi) is 5.00. The molecule has 1 saturated heterocycles. The van der Waals surface area contributed by atoms with Crippen LogP contribution in [0.3, 0.4) is 0 Å². The number of carbonyl (C=O) groups excluding carboxylic acids is 1. The van der Waals surface area contributed by atoms with Crippen molar-refractivity contribution in [2.24, 2.45) is 5.41 Å². The topological polar surface area (TPSA) is 62.1 Å². The number of benzene rings is 1. The number of piperidine rings is 1. The van der Waals surface area contributed by atoms with Gasteiger partial charge in [-0.1, -0.05) is 6.07 Å². The van der Waals surface area contributed by atoms with Crippen molar-refractivity contribution in [1.82, 2.24) is 5.32 Å². The van der Waals surface area contributed by atoms with Gasteiger partial charge in [-0.3, -0.25) is 4.79 Å². The van der Waals surface area contributed by atoms with Gasteiger partial charge in [0.1, 0.15) is 17.2 Å². The van der Waals surface area contributed by atoms with Crippen LogP contribution in [0.4, 0.5) is 8.78 Å². The van der Waals surface area contributed by atoms with Crippen LogP contribution in [-0.2, 0) is 16.0 Å². The van der Waals surface area contributed by atoms with Gasteiger partial charge >= 0.3 is 5.97 Å². The molecule has 0 unspecified atom stereocenters. The summed E-state index contributed by atoms with van der Waals surface area (Å²) in [5, 5.41) is 12.5. The quantitative estimate of drug-likeness (QED) is 0.866. The summed E-state index contributed by atoms with van der Waals surface area (Å²) in [7, 11) is 0. The van der Waals surface area contributed by atoms with Gasteiger partial charge in [-0.15, -0.1) is 0 Å². The van der Waals surface area contributed by atoms with Crippen molar-refractivity contribution in [2.75, 3.05) is 13.1 Å². The Balaban J connectivity index is 2.10. The largest absolute Gasteiger partial charge is 0.458 e. The molecule has 0 saturated carbocycles. The van der Waals surface area contributed by atoms with Gasteiger partial charge < -0.3 is 10.1 Å². The van der Waals surface area contributed by atoms with E-state index in [1.54, 1.807) is 13.8 Å². The Hall–Kier alpha value is -2.00. The molecule has 0 spiro atoms. The highest BCUT2D eigenvalue weighted by molar-refractivity contribution is 5.80. The summed E-state index contributed by atoms with van der Waals surface area (Å²) >= 11 is 0. The third-order valence-electron chi connectivity index (χ3n) is 4.06. The Morgan fingerprint density at radius 3 is 2.61 bits per heavy atom. The zero-order valence-corrected chi connectivity index (χ0v) is 13.3. The molecule has 6 heteroatoms. The van der Waals surface area contributed by atoms with Crippen LogP contribution in [0.5, 0.6) is 0 Å². The van der Waals surface area contributed by atoms with Crippen molar-refractivity contribution in [3.8, 4) is 6.07 Å². The predicted molar refractivity (Wildman–Crippen MR) is 80.4 cm³/mol. The Morgan fingerprint density at radius 1 is 1.39 bits per heavy atom. The SMILES string of the molecule is CC(C)(Cc1ccc(F)cc1F)OC(=O)C1(C#N)CCNCC1. The van der Waals surface area contributed by atoms with E-state index in [0.717, 1.165) is 6.07 Å². The second kappa shape index (κ2) is 6.63. The number of esters is 1. The van der Waals surface area contributed by atoms with Crippen LogP contribution in [-0.4, -0.2) is 24.7 Å². The first-order valence-corrected chi connectivity index (χ1v) is 7.57. The third-order valence-corrected chi connectivity index (χ3v) is 4.06. The summed E-state index contributed by atoms with van der Waals surface area (Å²) in [4.78, 5) is 12.5. The van der Waals surface area contributed by atoms with Crippen LogP contribution in [0.15, 0.2) is 18.2 Å². The number of halogens is 2. The van der Waals surface area contributed by atoms with Gasteiger partial charge in [0.25, 0.3) is 0 Å². The lowest BCUT2D eigenvalue weighted by atomic mass is 9.80. The molecule has 1 aliphatic heterocycles. The maximum absolute atomic E-state index is 13.8. The molecule has 1 aromatic carbocycles. The molecular formula is C17H20F2N2O2. The first kappa shape index (κ1) is 17.4. The molecule has 2 rings (SSSR count). The van der Waals surface area contributed by atoms with E-state index in [9.17, 15) is 18.8 Å². The van der Waals surface area contributed by atoms with Crippen LogP contribution in [0, 0.1) is 28.4 Å². The fourth-order valence-corrected chi connectivity index (χ4v) is 2.72. The Bertz CT molecular complexity index is 632. The minimum absolute atomic E-state index is 0.102. The average molecular weight is 322 g/mol. The molecule has 4 nitrogen and oxygen atoms in total. The fraction of sp³-hybridized carbons (Fsp3) is 0.529. The molecule has 0 radical (unpaired) electrons. The number of nitrogens with zero attached hydrogens (tertiary/aromatic N) is 1. The van der Waals surface area contributed by atoms with Gasteiger partial charge in [-0.25, -0.2) is 8.78 Å². The maximum Gasteiger partial charge on any atom is 0.327 e. The lowest BCUT2D eigenvalue weighted by Crippen LogP contribution is -2.45. The van der Waals surface area contributed by atoms with E-state index in [1.807, 2.05) is 0 Å². The number of hydrogen-bond donors (Lipinski definition) is 1. The van der Waals surface area contributed by atoms with Gasteiger partial charge in [0.15, 0.2) is 5.41 Å². The van der Waals surface area contributed by atoms with Gasteiger partial charge in [-0.05, 0) is 51.4 Å². The average Bonchev–Trinajstić information content (AvgIpc) is 2.50. The fourth-order valence-electron chi connectivity index (χ4n) is 2.72.